The van der Waals surface area contributed by atoms with Gasteiger partial charge in [-0.15, -0.1) is 0 Å². The molecule has 12 nitrogen and oxygen atoms in total. The molecule has 0 atom stereocenters. The molecule has 2 aromatic rings. The number of sulfonamides is 1. The third kappa shape index (κ3) is 7.93. The predicted molar refractivity (Wildman–Crippen MR) is 130 cm³/mol. The van der Waals surface area contributed by atoms with Crippen LogP contribution in [0.3, 0.4) is 0 Å². The smallest absolute Gasteiger partial charge is 0.414 e. The maximum absolute atomic E-state index is 12.9. The van der Waals surface area contributed by atoms with Crippen molar-refractivity contribution in [2.24, 2.45) is 0 Å². The number of carboxylic acid groups (broad SMARTS) is 2. The monoisotopic (exact) mass is 523 g/mol. The van der Waals surface area contributed by atoms with E-state index >= 15 is 0 Å². The Hall–Kier alpha value is -3.68. The number of benzene rings is 2. The number of carbonyl (C=O) groups excluding carboxylic acids is 1. The Morgan fingerprint density at radius 3 is 1.92 bits per heavy atom. The molecule has 1 saturated heterocycles. The van der Waals surface area contributed by atoms with Gasteiger partial charge in [0.15, 0.2) is 11.5 Å². The van der Waals surface area contributed by atoms with E-state index in [1.807, 2.05) is 18.2 Å². The number of hydrogen-bond acceptors (Lipinski definition) is 8. The first-order valence-corrected chi connectivity index (χ1v) is 12.2. The molecule has 196 valence electrons. The number of carboxylic acids is 2. The van der Waals surface area contributed by atoms with E-state index in [-0.39, 0.29) is 10.8 Å². The maximum atomic E-state index is 12.9. The first-order valence-electron chi connectivity index (χ1n) is 10.7. The number of hydrogen-bond donors (Lipinski definition) is 3. The van der Waals surface area contributed by atoms with E-state index in [0.29, 0.717) is 49.9 Å². The minimum absolute atomic E-state index is 0.198. The van der Waals surface area contributed by atoms with Crippen molar-refractivity contribution >= 4 is 33.6 Å². The maximum Gasteiger partial charge on any atom is 0.414 e. The lowest BCUT2D eigenvalue weighted by molar-refractivity contribution is -0.159. The topological polar surface area (TPSA) is 163 Å². The summed E-state index contributed by atoms with van der Waals surface area (Å²) in [5.41, 5.74) is 1.65. The van der Waals surface area contributed by atoms with Crippen LogP contribution in [0.4, 0.5) is 5.69 Å². The summed E-state index contributed by atoms with van der Waals surface area (Å²) < 4.78 is 38.0. The van der Waals surface area contributed by atoms with E-state index in [1.165, 1.54) is 23.4 Å². The highest BCUT2D eigenvalue weighted by Crippen LogP contribution is 2.28. The molecule has 1 aliphatic rings. The number of nitrogens with zero attached hydrogens (tertiary/aromatic N) is 2. The van der Waals surface area contributed by atoms with Crippen molar-refractivity contribution < 1.29 is 42.5 Å². The number of anilines is 1. The highest BCUT2D eigenvalue weighted by Gasteiger charge is 2.28. The Balaban J connectivity index is 0.000000678. The minimum atomic E-state index is -3.57. The van der Waals surface area contributed by atoms with Gasteiger partial charge in [-0.3, -0.25) is 9.69 Å². The van der Waals surface area contributed by atoms with Gasteiger partial charge in [-0.2, -0.15) is 4.31 Å². The van der Waals surface area contributed by atoms with Crippen molar-refractivity contribution in [2.75, 3.05) is 45.7 Å². The molecule has 1 amide bonds. The molecule has 2 aromatic carbocycles. The molecule has 0 aliphatic carbocycles. The third-order valence-corrected chi connectivity index (χ3v) is 7.09. The average molecular weight is 524 g/mol. The Kier molecular flexibility index (Phi) is 10.2. The number of rotatable bonds is 7. The lowest BCUT2D eigenvalue weighted by atomic mass is 10.1. The quantitative estimate of drug-likeness (QED) is 0.451. The second-order valence-electron chi connectivity index (χ2n) is 7.69. The predicted octanol–water partition coefficient (Wildman–Crippen LogP) is 1.32. The molecule has 0 radical (unpaired) electrons. The molecular weight excluding hydrogens is 494 g/mol. The zero-order chi connectivity index (χ0) is 26.9. The van der Waals surface area contributed by atoms with E-state index in [2.05, 4.69) is 10.2 Å². The van der Waals surface area contributed by atoms with Gasteiger partial charge in [0.2, 0.25) is 15.9 Å². The molecule has 3 N–H and O–H groups in total. The van der Waals surface area contributed by atoms with E-state index in [4.69, 9.17) is 29.3 Å². The van der Waals surface area contributed by atoms with Gasteiger partial charge in [0.25, 0.3) is 0 Å². The third-order valence-electron chi connectivity index (χ3n) is 5.18. The van der Waals surface area contributed by atoms with Gasteiger partial charge in [0.05, 0.1) is 19.1 Å². The summed E-state index contributed by atoms with van der Waals surface area (Å²) in [7, 11) is -0.359. The number of ether oxygens (including phenoxy) is 2. The number of nitrogens with one attached hydrogen (secondary N) is 1. The lowest BCUT2D eigenvalue weighted by Gasteiger charge is -2.34. The van der Waals surface area contributed by atoms with Crippen molar-refractivity contribution in [1.82, 2.24) is 9.21 Å². The van der Waals surface area contributed by atoms with E-state index in [0.717, 1.165) is 5.56 Å². The molecule has 0 bridgehead atoms. The standard InChI is InChI=1S/C21H27N3O5S.C2H2O4/c1-16(25)22-18-5-7-19(8-6-18)30(26,27)24-12-10-23(11-13-24)15-17-4-9-20(28-2)21(14-17)29-3;3-1(4)2(5)6/h4-9,14H,10-13,15H2,1-3H3,(H,22,25);(H,3,4)(H,5,6). The first kappa shape index (κ1) is 28.6. The van der Waals surface area contributed by atoms with Crippen LogP contribution in [-0.4, -0.2) is 86.1 Å². The summed E-state index contributed by atoms with van der Waals surface area (Å²) in [5.74, 6) is -2.48. The number of piperazine rings is 1. The molecule has 1 aliphatic heterocycles. The van der Waals surface area contributed by atoms with Crippen molar-refractivity contribution in [2.45, 2.75) is 18.4 Å². The summed E-state index contributed by atoms with van der Waals surface area (Å²) >= 11 is 0. The molecule has 1 heterocycles. The van der Waals surface area contributed by atoms with Crippen LogP contribution in [0.25, 0.3) is 0 Å². The Morgan fingerprint density at radius 2 is 1.44 bits per heavy atom. The second kappa shape index (κ2) is 12.9. The fourth-order valence-corrected chi connectivity index (χ4v) is 4.85. The number of carbonyl (C=O) groups is 3. The Bertz CT molecular complexity index is 1160. The van der Waals surface area contributed by atoms with E-state index in [9.17, 15) is 13.2 Å². The van der Waals surface area contributed by atoms with Crippen LogP contribution in [0.2, 0.25) is 0 Å². The number of amides is 1. The summed E-state index contributed by atoms with van der Waals surface area (Å²) in [6, 6.07) is 12.1. The van der Waals surface area contributed by atoms with Crippen LogP contribution in [0.5, 0.6) is 11.5 Å². The highest BCUT2D eigenvalue weighted by molar-refractivity contribution is 7.89. The molecule has 13 heteroatoms. The van der Waals surface area contributed by atoms with Crippen molar-refractivity contribution in [1.29, 1.82) is 0 Å². The van der Waals surface area contributed by atoms with Crippen LogP contribution < -0.4 is 14.8 Å². The summed E-state index contributed by atoms with van der Waals surface area (Å²) in [4.78, 5) is 31.8. The molecule has 0 aromatic heterocycles. The Labute approximate surface area is 209 Å². The number of aliphatic carboxylic acids is 2. The van der Waals surface area contributed by atoms with Gasteiger partial charge in [0.1, 0.15) is 0 Å². The molecule has 3 rings (SSSR count). The lowest BCUT2D eigenvalue weighted by Crippen LogP contribution is -2.48. The zero-order valence-electron chi connectivity index (χ0n) is 20.1. The highest BCUT2D eigenvalue weighted by atomic mass is 32.2. The fraction of sp³-hybridized carbons (Fsp3) is 0.348. The summed E-state index contributed by atoms with van der Waals surface area (Å²) in [5, 5.41) is 17.4. The van der Waals surface area contributed by atoms with Crippen molar-refractivity contribution in [3.63, 3.8) is 0 Å². The van der Waals surface area contributed by atoms with Crippen LogP contribution in [0.1, 0.15) is 12.5 Å². The second-order valence-corrected chi connectivity index (χ2v) is 9.62. The Morgan fingerprint density at radius 1 is 0.889 bits per heavy atom. The van der Waals surface area contributed by atoms with E-state index < -0.39 is 22.0 Å². The van der Waals surface area contributed by atoms with Gasteiger partial charge in [-0.25, -0.2) is 18.0 Å². The molecule has 1 fully saturated rings. The summed E-state index contributed by atoms with van der Waals surface area (Å²) in [6.45, 7) is 4.23. The van der Waals surface area contributed by atoms with Crippen LogP contribution >= 0.6 is 0 Å². The largest absolute Gasteiger partial charge is 0.493 e. The molecule has 0 spiro atoms. The SMILES string of the molecule is COc1ccc(CN2CCN(S(=O)(=O)c3ccc(NC(C)=O)cc3)CC2)cc1OC.O=C(O)C(=O)O. The molecule has 0 saturated carbocycles. The van der Waals surface area contributed by atoms with Crippen molar-refractivity contribution in [3.8, 4) is 11.5 Å². The van der Waals surface area contributed by atoms with Crippen LogP contribution in [-0.2, 0) is 31.0 Å². The molecule has 36 heavy (non-hydrogen) atoms. The average Bonchev–Trinajstić information content (AvgIpc) is 2.84. The number of methoxy groups -OCH3 is 2. The molecular formula is C23H29N3O9S. The molecule has 0 unspecified atom stereocenters. The van der Waals surface area contributed by atoms with Crippen LogP contribution in [0.15, 0.2) is 47.4 Å². The first-order chi connectivity index (χ1) is 17.0. The van der Waals surface area contributed by atoms with Gasteiger partial charge in [-0.1, -0.05) is 6.07 Å². The summed E-state index contributed by atoms with van der Waals surface area (Å²) in [6.07, 6.45) is 0. The van der Waals surface area contributed by atoms with Crippen molar-refractivity contribution in [3.05, 3.63) is 48.0 Å². The van der Waals surface area contributed by atoms with E-state index in [1.54, 1.807) is 26.4 Å². The van der Waals surface area contributed by atoms with Gasteiger partial charge < -0.3 is 25.0 Å². The zero-order valence-corrected chi connectivity index (χ0v) is 20.9. The minimum Gasteiger partial charge on any atom is -0.493 e. The van der Waals surface area contributed by atoms with Crippen LogP contribution in [0, 0.1) is 0 Å². The van der Waals surface area contributed by atoms with Gasteiger partial charge >= 0.3 is 11.9 Å². The fourth-order valence-electron chi connectivity index (χ4n) is 3.43. The van der Waals surface area contributed by atoms with Gasteiger partial charge in [0, 0.05) is 45.3 Å². The van der Waals surface area contributed by atoms with Gasteiger partial charge in [-0.05, 0) is 42.0 Å². The normalized spacial score (nSPS) is 14.2.